The molecule has 6 heteroatoms. The Hall–Kier alpha value is -2.50. The van der Waals surface area contributed by atoms with Crippen LogP contribution in [0.2, 0.25) is 0 Å². The van der Waals surface area contributed by atoms with Crippen LogP contribution in [0.1, 0.15) is 40.3 Å². The number of rotatable bonds is 1. The lowest BCUT2D eigenvalue weighted by molar-refractivity contribution is 0.0668. The molecule has 24 heavy (non-hydrogen) atoms. The number of aryl methyl sites for hydroxylation is 1. The zero-order chi connectivity index (χ0) is 16.8. The molecule has 2 aromatic rings. The van der Waals surface area contributed by atoms with Crippen molar-refractivity contribution in [1.29, 1.82) is 0 Å². The predicted molar refractivity (Wildman–Crippen MR) is 86.4 cm³/mol. The molecule has 2 aliphatic rings. The molecular formula is C18H18FN3O2. The zero-order valence-electron chi connectivity index (χ0n) is 13.4. The average molecular weight is 327 g/mol. The molecule has 1 aromatic carbocycles. The normalized spacial score (nSPS) is 22.2. The highest BCUT2D eigenvalue weighted by Gasteiger charge is 2.41. The van der Waals surface area contributed by atoms with Crippen LogP contribution in [0.5, 0.6) is 0 Å². The summed E-state index contributed by atoms with van der Waals surface area (Å²) in [6, 6.07) is 5.96. The van der Waals surface area contributed by atoms with Gasteiger partial charge in [0.15, 0.2) is 0 Å². The van der Waals surface area contributed by atoms with Crippen molar-refractivity contribution in [2.45, 2.75) is 44.7 Å². The third-order valence-electron chi connectivity index (χ3n) is 5.05. The first-order chi connectivity index (χ1) is 11.5. The maximum Gasteiger partial charge on any atom is 0.257 e. The summed E-state index contributed by atoms with van der Waals surface area (Å²) in [6.45, 7) is 1.76. The summed E-state index contributed by atoms with van der Waals surface area (Å²) in [7, 11) is 0. The number of hydrogen-bond donors (Lipinski definition) is 1. The molecule has 1 N–H and O–H groups in total. The Morgan fingerprint density at radius 1 is 1.25 bits per heavy atom. The van der Waals surface area contributed by atoms with Crippen LogP contribution in [0, 0.1) is 12.7 Å². The number of nitrogens with one attached hydrogen (secondary N) is 1. The van der Waals surface area contributed by atoms with E-state index >= 15 is 0 Å². The third-order valence-corrected chi connectivity index (χ3v) is 5.05. The summed E-state index contributed by atoms with van der Waals surface area (Å²) in [5, 5.41) is 0. The van der Waals surface area contributed by atoms with E-state index in [2.05, 4.69) is 9.97 Å². The van der Waals surface area contributed by atoms with Crippen LogP contribution < -0.4 is 5.56 Å². The van der Waals surface area contributed by atoms with Gasteiger partial charge in [-0.3, -0.25) is 9.59 Å². The summed E-state index contributed by atoms with van der Waals surface area (Å²) in [5.41, 5.74) is 1.41. The molecule has 2 bridgehead atoms. The van der Waals surface area contributed by atoms with E-state index in [1.54, 1.807) is 24.0 Å². The van der Waals surface area contributed by atoms with Crippen LogP contribution in [0.3, 0.4) is 0 Å². The van der Waals surface area contributed by atoms with Gasteiger partial charge in [-0.1, -0.05) is 12.1 Å². The molecule has 1 fully saturated rings. The first-order valence-electron chi connectivity index (χ1n) is 8.20. The highest BCUT2D eigenvalue weighted by atomic mass is 19.1. The number of carbonyl (C=O) groups is 1. The van der Waals surface area contributed by atoms with Crippen molar-refractivity contribution in [3.8, 4) is 0 Å². The number of aromatic amines is 1. The van der Waals surface area contributed by atoms with E-state index in [1.165, 1.54) is 12.1 Å². The van der Waals surface area contributed by atoms with E-state index < -0.39 is 5.82 Å². The summed E-state index contributed by atoms with van der Waals surface area (Å²) >= 11 is 0. The van der Waals surface area contributed by atoms with E-state index in [1.807, 2.05) is 0 Å². The third kappa shape index (κ3) is 2.33. The first kappa shape index (κ1) is 15.1. The van der Waals surface area contributed by atoms with Gasteiger partial charge in [-0.25, -0.2) is 9.37 Å². The lowest BCUT2D eigenvalue weighted by atomic mass is 9.98. The SMILES string of the molecule is Cc1nc2c(c(=O)[nH]1)CC1CCC(C2)N1C(=O)c1ccccc1F. The number of aromatic nitrogens is 2. The molecule has 4 rings (SSSR count). The Morgan fingerprint density at radius 3 is 2.71 bits per heavy atom. The second-order valence-corrected chi connectivity index (χ2v) is 6.56. The van der Waals surface area contributed by atoms with Gasteiger partial charge in [0.05, 0.1) is 11.3 Å². The van der Waals surface area contributed by atoms with Crippen molar-refractivity contribution in [3.63, 3.8) is 0 Å². The quantitative estimate of drug-likeness (QED) is 0.871. The van der Waals surface area contributed by atoms with Crippen molar-refractivity contribution in [2.24, 2.45) is 0 Å². The molecule has 1 aromatic heterocycles. The van der Waals surface area contributed by atoms with Crippen molar-refractivity contribution in [2.75, 3.05) is 0 Å². The fraction of sp³-hybridized carbons (Fsp3) is 0.389. The molecule has 2 atom stereocenters. The fourth-order valence-corrected chi connectivity index (χ4v) is 3.97. The highest BCUT2D eigenvalue weighted by molar-refractivity contribution is 5.95. The number of fused-ring (bicyclic) bond motifs is 3. The molecule has 0 saturated carbocycles. The Kier molecular flexibility index (Phi) is 3.48. The molecule has 0 spiro atoms. The van der Waals surface area contributed by atoms with E-state index in [0.717, 1.165) is 18.5 Å². The van der Waals surface area contributed by atoms with Crippen LogP contribution in [-0.4, -0.2) is 32.9 Å². The molecule has 0 aliphatic carbocycles. The number of H-pyrrole nitrogens is 1. The van der Waals surface area contributed by atoms with Crippen LogP contribution in [0.15, 0.2) is 29.1 Å². The number of carbonyl (C=O) groups excluding carboxylic acids is 1. The molecule has 2 aliphatic heterocycles. The Morgan fingerprint density at radius 2 is 1.96 bits per heavy atom. The van der Waals surface area contributed by atoms with E-state index in [9.17, 15) is 14.0 Å². The molecule has 1 saturated heterocycles. The van der Waals surface area contributed by atoms with Gasteiger partial charge in [0, 0.05) is 30.5 Å². The Labute approximate surface area is 138 Å². The van der Waals surface area contributed by atoms with Gasteiger partial charge >= 0.3 is 0 Å². The second-order valence-electron chi connectivity index (χ2n) is 6.56. The average Bonchev–Trinajstić information content (AvgIpc) is 2.83. The van der Waals surface area contributed by atoms with Crippen LogP contribution in [-0.2, 0) is 12.8 Å². The molecule has 2 unspecified atom stereocenters. The van der Waals surface area contributed by atoms with Crippen molar-refractivity contribution >= 4 is 5.91 Å². The van der Waals surface area contributed by atoms with Crippen molar-refractivity contribution in [3.05, 3.63) is 63.1 Å². The van der Waals surface area contributed by atoms with Gasteiger partial charge in [0.2, 0.25) is 0 Å². The maximum atomic E-state index is 14.0. The van der Waals surface area contributed by atoms with Gasteiger partial charge in [-0.2, -0.15) is 0 Å². The standard InChI is InChI=1S/C18H18FN3O2/c1-10-20-16-9-12-7-6-11(8-14(16)17(23)21-10)22(12)18(24)13-4-2-3-5-15(13)19/h2-5,11-12H,6-9H2,1H3,(H,20,21,23). The number of nitrogens with zero attached hydrogens (tertiary/aromatic N) is 2. The van der Waals surface area contributed by atoms with Crippen molar-refractivity contribution in [1.82, 2.24) is 14.9 Å². The number of amides is 1. The van der Waals surface area contributed by atoms with Gasteiger partial charge in [-0.15, -0.1) is 0 Å². The lowest BCUT2D eigenvalue weighted by Gasteiger charge is -2.28. The summed E-state index contributed by atoms with van der Waals surface area (Å²) < 4.78 is 14.0. The highest BCUT2D eigenvalue weighted by Crippen LogP contribution is 2.34. The number of benzene rings is 1. The van der Waals surface area contributed by atoms with E-state index in [0.29, 0.717) is 24.2 Å². The van der Waals surface area contributed by atoms with Crippen LogP contribution in [0.25, 0.3) is 0 Å². The van der Waals surface area contributed by atoms with Crippen LogP contribution >= 0.6 is 0 Å². The van der Waals surface area contributed by atoms with Gasteiger partial charge in [-0.05, 0) is 31.9 Å². The maximum absolute atomic E-state index is 14.0. The minimum atomic E-state index is -0.504. The molecule has 3 heterocycles. The Balaban J connectivity index is 1.73. The van der Waals surface area contributed by atoms with Crippen LogP contribution in [0.4, 0.5) is 4.39 Å². The Bertz CT molecular complexity index is 877. The monoisotopic (exact) mass is 327 g/mol. The van der Waals surface area contributed by atoms with Crippen molar-refractivity contribution < 1.29 is 9.18 Å². The number of hydrogen-bond acceptors (Lipinski definition) is 3. The molecule has 0 radical (unpaired) electrons. The summed E-state index contributed by atoms with van der Waals surface area (Å²) in [4.78, 5) is 34.2. The van der Waals surface area contributed by atoms with E-state index in [4.69, 9.17) is 0 Å². The van der Waals surface area contributed by atoms with Gasteiger partial charge in [0.1, 0.15) is 11.6 Å². The minimum Gasteiger partial charge on any atom is -0.332 e. The topological polar surface area (TPSA) is 66.1 Å². The van der Waals surface area contributed by atoms with Gasteiger partial charge < -0.3 is 9.88 Å². The summed E-state index contributed by atoms with van der Waals surface area (Å²) in [5.74, 6) is -0.208. The second kappa shape index (κ2) is 5.54. The summed E-state index contributed by atoms with van der Waals surface area (Å²) in [6.07, 6.45) is 2.72. The molecular weight excluding hydrogens is 309 g/mol. The predicted octanol–water partition coefficient (Wildman–Crippen LogP) is 1.99. The first-order valence-corrected chi connectivity index (χ1v) is 8.20. The molecule has 5 nitrogen and oxygen atoms in total. The fourth-order valence-electron chi connectivity index (χ4n) is 3.97. The molecule has 1 amide bonds. The lowest BCUT2D eigenvalue weighted by Crippen LogP contribution is -2.42. The number of halogens is 1. The van der Waals surface area contributed by atoms with Gasteiger partial charge in [0.25, 0.3) is 11.5 Å². The largest absolute Gasteiger partial charge is 0.332 e. The molecule has 124 valence electrons. The minimum absolute atomic E-state index is 0.0305. The van der Waals surface area contributed by atoms with E-state index in [-0.39, 0.29) is 29.1 Å². The smallest absolute Gasteiger partial charge is 0.257 e. The zero-order valence-corrected chi connectivity index (χ0v) is 13.4.